The molecule has 0 N–H and O–H groups in total. The third-order valence-corrected chi connectivity index (χ3v) is 0.862. The molecule has 0 amide bonds. The van der Waals surface area contributed by atoms with Crippen molar-refractivity contribution in [3.05, 3.63) is 0 Å². The summed E-state index contributed by atoms with van der Waals surface area (Å²) in [4.78, 5) is 0. The van der Waals surface area contributed by atoms with Crippen molar-refractivity contribution in [1.29, 1.82) is 0 Å². The van der Waals surface area contributed by atoms with Crippen LogP contribution in [-0.2, 0) is 14.2 Å². The quantitative estimate of drug-likeness (QED) is 0.474. The molecule has 0 aliphatic rings. The molecule has 16 heavy (non-hydrogen) atoms. The summed E-state index contributed by atoms with van der Waals surface area (Å²) < 4.78 is 13.1. The number of hydrogen-bond acceptors (Lipinski definition) is 6. The molecule has 96 valence electrons. The third-order valence-electron chi connectivity index (χ3n) is 0.862. The van der Waals surface area contributed by atoms with Gasteiger partial charge in [-0.05, 0) is 0 Å². The zero-order valence-electron chi connectivity index (χ0n) is 10.3. The predicted octanol–water partition coefficient (Wildman–Crippen LogP) is -3.40. The molecule has 0 aromatic rings. The van der Waals surface area contributed by atoms with Gasteiger partial charge in [0, 0.05) is 41.2 Å². The number of ether oxygens (including phenoxy) is 3. The number of hydrogen-bond donors (Lipinski definition) is 0. The van der Waals surface area contributed by atoms with E-state index in [4.69, 9.17) is 0 Å². The Balaban J connectivity index is -0.0000000655. The Morgan fingerprint density at radius 2 is 0.812 bits per heavy atom. The van der Waals surface area contributed by atoms with Gasteiger partial charge >= 0.3 is 19.8 Å². The van der Waals surface area contributed by atoms with Gasteiger partial charge in [0.1, 0.15) is 0 Å². The Morgan fingerprint density at radius 1 is 0.625 bits per heavy atom. The van der Waals surface area contributed by atoms with Crippen molar-refractivity contribution in [1.82, 2.24) is 0 Å². The van der Waals surface area contributed by atoms with E-state index in [1.54, 1.807) is 0 Å². The van der Waals surface area contributed by atoms with Gasteiger partial charge in [0.05, 0.1) is 0 Å². The van der Waals surface area contributed by atoms with Crippen LogP contribution >= 0.6 is 0 Å². The van der Waals surface area contributed by atoms with E-state index in [1.165, 1.54) is 21.3 Å². The van der Waals surface area contributed by atoms with Gasteiger partial charge in [0.25, 0.3) is 0 Å². The molecular weight excluding hydrogens is 274 g/mol. The molecule has 0 radical (unpaired) electrons. The molecule has 0 unspecified atom stereocenters. The Bertz CT molecular complexity index is 56.8. The zero-order valence-corrected chi connectivity index (χ0v) is 12.7. The van der Waals surface area contributed by atoms with E-state index in [2.05, 4.69) is 14.2 Å². The van der Waals surface area contributed by atoms with E-state index < -0.39 is 0 Å². The van der Waals surface area contributed by atoms with E-state index >= 15 is 0 Å². The molecule has 0 saturated heterocycles. The summed E-state index contributed by atoms with van der Waals surface area (Å²) in [6.45, 7) is 0.615. The minimum absolute atomic E-state index is 0. The normalized spacial score (nSPS) is 7.88. The van der Waals surface area contributed by atoms with Gasteiger partial charge in [-0.25, -0.2) is 0 Å². The van der Waals surface area contributed by atoms with E-state index in [-0.39, 0.29) is 39.6 Å². The Hall–Kier alpha value is 0.396. The summed E-state index contributed by atoms with van der Waals surface area (Å²) in [6.07, 6.45) is 0. The Labute approximate surface area is 111 Å². The fourth-order valence-electron chi connectivity index (χ4n) is 0.250. The maximum atomic E-state index is 9.40. The molecule has 7 heteroatoms. The van der Waals surface area contributed by atoms with Crippen molar-refractivity contribution in [3.63, 3.8) is 0 Å². The molecule has 0 fully saturated rings. The van der Waals surface area contributed by atoms with Crippen molar-refractivity contribution in [2.75, 3.05) is 61.0 Å². The predicted molar refractivity (Wildman–Crippen MR) is 56.0 cm³/mol. The second-order valence-electron chi connectivity index (χ2n) is 2.09. The second kappa shape index (κ2) is 36.1. The molecule has 0 aliphatic heterocycles. The minimum atomic E-state index is -0.128. The largest absolute Gasteiger partial charge is 3.00 e. The van der Waals surface area contributed by atoms with Gasteiger partial charge in [-0.3, -0.25) is 0 Å². The molecule has 0 atom stereocenters. The van der Waals surface area contributed by atoms with Crippen LogP contribution in [0.5, 0.6) is 0 Å². The molecule has 0 aliphatic carbocycles. The van der Waals surface area contributed by atoms with Gasteiger partial charge < -0.3 is 29.5 Å². The molecule has 0 spiro atoms. The van der Waals surface area contributed by atoms with Gasteiger partial charge in [0.15, 0.2) is 0 Å². The van der Waals surface area contributed by atoms with Gasteiger partial charge in [-0.1, -0.05) is 0 Å². The van der Waals surface area contributed by atoms with Crippen LogP contribution in [0.1, 0.15) is 0 Å². The SMILES string of the molecule is COCC[O-].COCC[O-].COCC[O-].[Ga+3]. The van der Waals surface area contributed by atoms with E-state index in [0.717, 1.165) is 0 Å². The molecule has 0 rings (SSSR count). The first-order valence-electron chi connectivity index (χ1n) is 4.46. The Kier molecular flexibility index (Phi) is 57.1. The third kappa shape index (κ3) is 63.1. The monoisotopic (exact) mass is 294 g/mol. The Morgan fingerprint density at radius 3 is 0.812 bits per heavy atom. The smallest absolute Gasteiger partial charge is 0.853 e. The van der Waals surface area contributed by atoms with Gasteiger partial charge in [0.2, 0.25) is 0 Å². The van der Waals surface area contributed by atoms with E-state index in [1.807, 2.05) is 0 Å². The molecule has 0 aromatic heterocycles. The number of methoxy groups -OCH3 is 3. The van der Waals surface area contributed by atoms with Crippen LogP contribution in [0, 0.1) is 0 Å². The first kappa shape index (κ1) is 25.3. The summed E-state index contributed by atoms with van der Waals surface area (Å²) in [5.41, 5.74) is 0. The van der Waals surface area contributed by atoms with Crippen molar-refractivity contribution >= 4 is 19.8 Å². The van der Waals surface area contributed by atoms with Crippen LogP contribution in [0.4, 0.5) is 0 Å². The fraction of sp³-hybridized carbons (Fsp3) is 1.00. The van der Waals surface area contributed by atoms with Crippen LogP contribution in [0.3, 0.4) is 0 Å². The van der Waals surface area contributed by atoms with Crippen LogP contribution in [0.2, 0.25) is 0 Å². The summed E-state index contributed by atoms with van der Waals surface area (Å²) in [7, 11) is 4.54. The zero-order chi connectivity index (χ0) is 12.4. The average molecular weight is 295 g/mol. The first-order chi connectivity index (χ1) is 7.24. The summed E-state index contributed by atoms with van der Waals surface area (Å²) in [5.74, 6) is 0. The minimum Gasteiger partial charge on any atom is -0.853 e. The van der Waals surface area contributed by atoms with Gasteiger partial charge in [-0.2, -0.15) is 0 Å². The van der Waals surface area contributed by atoms with E-state index in [9.17, 15) is 15.3 Å². The molecule has 0 heterocycles. The topological polar surface area (TPSA) is 96.9 Å². The number of rotatable bonds is 6. The van der Waals surface area contributed by atoms with E-state index in [0.29, 0.717) is 19.8 Å². The maximum absolute atomic E-state index is 9.40. The molecular formula is C9H21GaO6. The summed E-state index contributed by atoms with van der Waals surface area (Å²) >= 11 is 0. The standard InChI is InChI=1S/3C3H7O2.Ga/c3*1-5-3-2-4;/h3*2-3H2,1H3;/q3*-1;+3. The van der Waals surface area contributed by atoms with Crippen molar-refractivity contribution in [2.24, 2.45) is 0 Å². The van der Waals surface area contributed by atoms with Crippen molar-refractivity contribution < 1.29 is 29.5 Å². The summed E-state index contributed by atoms with van der Waals surface area (Å²) in [5, 5.41) is 28.2. The second-order valence-corrected chi connectivity index (χ2v) is 2.09. The molecule has 6 nitrogen and oxygen atoms in total. The van der Waals surface area contributed by atoms with Crippen LogP contribution in [-0.4, -0.2) is 80.8 Å². The van der Waals surface area contributed by atoms with Gasteiger partial charge in [-0.15, -0.1) is 19.8 Å². The van der Waals surface area contributed by atoms with Crippen LogP contribution < -0.4 is 15.3 Å². The first-order valence-corrected chi connectivity index (χ1v) is 4.46. The van der Waals surface area contributed by atoms with Crippen molar-refractivity contribution in [2.45, 2.75) is 0 Å². The summed E-state index contributed by atoms with van der Waals surface area (Å²) in [6, 6.07) is 0. The molecule has 0 bridgehead atoms. The fourth-order valence-corrected chi connectivity index (χ4v) is 0.250. The maximum Gasteiger partial charge on any atom is 3.00 e. The average Bonchev–Trinajstić information content (AvgIpc) is 2.23. The molecule has 0 saturated carbocycles. The van der Waals surface area contributed by atoms with Crippen LogP contribution in [0.15, 0.2) is 0 Å². The van der Waals surface area contributed by atoms with Crippen molar-refractivity contribution in [3.8, 4) is 0 Å². The molecule has 0 aromatic carbocycles. The van der Waals surface area contributed by atoms with Crippen LogP contribution in [0.25, 0.3) is 0 Å².